The first kappa shape index (κ1) is 37.5. The second kappa shape index (κ2) is 16.4. The summed E-state index contributed by atoms with van der Waals surface area (Å²) < 4.78 is 39.4. The van der Waals surface area contributed by atoms with Crippen LogP contribution in [-0.4, -0.2) is 52.9 Å². The lowest BCUT2D eigenvalue weighted by Crippen LogP contribution is -2.15. The Morgan fingerprint density at radius 2 is 0.517 bits per heavy atom. The average molecular weight is 769 g/mol. The maximum Gasteiger partial charge on any atom is 0.130 e. The Morgan fingerprint density at radius 1 is 0.293 bits per heavy atom. The fourth-order valence-electron chi connectivity index (χ4n) is 8.63. The van der Waals surface area contributed by atoms with Crippen LogP contribution in [0.5, 0.6) is 23.0 Å². The topological polar surface area (TPSA) is 55.4 Å². The zero-order valence-corrected chi connectivity index (χ0v) is 33.7. The number of ether oxygens (including phenoxy) is 6. The molecular formula is C52H48O6. The highest BCUT2D eigenvalue weighted by molar-refractivity contribution is 6.12. The van der Waals surface area contributed by atoms with Crippen LogP contribution in [0.4, 0.5) is 0 Å². The molecule has 1 aliphatic heterocycles. The molecule has 0 saturated heterocycles. The molecule has 0 saturated carbocycles. The number of rotatable bonds is 0. The van der Waals surface area contributed by atoms with E-state index in [4.69, 9.17) is 28.4 Å². The van der Waals surface area contributed by atoms with Gasteiger partial charge in [0.15, 0.2) is 0 Å². The molecule has 58 heavy (non-hydrogen) atoms. The van der Waals surface area contributed by atoms with Crippen molar-refractivity contribution in [2.45, 2.75) is 27.7 Å². The van der Waals surface area contributed by atoms with E-state index in [9.17, 15) is 0 Å². The van der Waals surface area contributed by atoms with Crippen LogP contribution in [0.2, 0.25) is 0 Å². The van der Waals surface area contributed by atoms with Gasteiger partial charge in [-0.15, -0.1) is 0 Å². The lowest BCUT2D eigenvalue weighted by Gasteiger charge is -2.23. The molecule has 0 bridgehead atoms. The molecule has 0 radical (unpaired) electrons. The molecule has 6 heteroatoms. The van der Waals surface area contributed by atoms with Crippen LogP contribution in [0.1, 0.15) is 22.3 Å². The molecule has 0 spiro atoms. The van der Waals surface area contributed by atoms with E-state index in [0.717, 1.165) is 111 Å². The van der Waals surface area contributed by atoms with Gasteiger partial charge in [0, 0.05) is 22.3 Å². The summed E-state index contributed by atoms with van der Waals surface area (Å²) in [6.45, 7) is 11.5. The van der Waals surface area contributed by atoms with E-state index in [1.165, 1.54) is 0 Å². The minimum absolute atomic E-state index is 0.371. The fourth-order valence-corrected chi connectivity index (χ4v) is 8.63. The normalized spacial score (nSPS) is 14.4. The quantitative estimate of drug-likeness (QED) is 0.153. The molecule has 0 aromatic heterocycles. The van der Waals surface area contributed by atoms with Crippen LogP contribution in [0.3, 0.4) is 0 Å². The first-order chi connectivity index (χ1) is 28.5. The van der Waals surface area contributed by atoms with Crippen molar-refractivity contribution in [2.24, 2.45) is 0 Å². The van der Waals surface area contributed by atoms with E-state index < -0.39 is 0 Å². The first-order valence-corrected chi connectivity index (χ1v) is 20.2. The van der Waals surface area contributed by atoms with Gasteiger partial charge >= 0.3 is 0 Å². The zero-order chi connectivity index (χ0) is 39.6. The minimum atomic E-state index is 0.371. The third kappa shape index (κ3) is 7.08. The third-order valence-electron chi connectivity index (χ3n) is 11.1. The Kier molecular flexibility index (Phi) is 10.6. The first-order valence-electron chi connectivity index (χ1n) is 20.2. The van der Waals surface area contributed by atoms with Gasteiger partial charge in [-0.2, -0.15) is 0 Å². The van der Waals surface area contributed by atoms with Crippen molar-refractivity contribution in [3.8, 4) is 45.3 Å². The van der Waals surface area contributed by atoms with Gasteiger partial charge < -0.3 is 28.4 Å². The van der Waals surface area contributed by atoms with Crippen LogP contribution < -0.4 is 18.9 Å². The highest BCUT2D eigenvalue weighted by atomic mass is 16.6. The SMILES string of the molecule is Cc1cc2ccccc2c2c1OCCOCCOc1c(C)cc3ccccc3c1-c1c(c(C)cc3ccccc13)OCCOCCOc1c(C)cc3ccccc3c1-2. The molecule has 0 N–H and O–H groups in total. The van der Waals surface area contributed by atoms with Gasteiger partial charge in [0.2, 0.25) is 0 Å². The van der Waals surface area contributed by atoms with Crippen LogP contribution >= 0.6 is 0 Å². The van der Waals surface area contributed by atoms with Crippen molar-refractivity contribution in [3.05, 3.63) is 144 Å². The summed E-state index contributed by atoms with van der Waals surface area (Å²) in [4.78, 5) is 0. The van der Waals surface area contributed by atoms with Gasteiger partial charge in [-0.05, 0) is 117 Å². The number of aryl methyl sites for hydroxylation is 4. The smallest absolute Gasteiger partial charge is 0.130 e. The number of benzene rings is 8. The predicted octanol–water partition coefficient (Wildman–Crippen LogP) is 12.1. The molecular weight excluding hydrogens is 721 g/mol. The summed E-state index contributed by atoms with van der Waals surface area (Å²) in [5.74, 6) is 3.30. The number of hydrogen-bond acceptors (Lipinski definition) is 6. The summed E-state index contributed by atoms with van der Waals surface area (Å²) in [6, 6.07) is 42.8. The summed E-state index contributed by atoms with van der Waals surface area (Å²) in [5, 5.41) is 8.99. The van der Waals surface area contributed by atoms with Gasteiger partial charge in [0.25, 0.3) is 0 Å². The molecule has 1 aliphatic rings. The van der Waals surface area contributed by atoms with E-state index in [1.807, 2.05) is 0 Å². The Hall–Kier alpha value is -6.08. The number of hydrogen-bond donors (Lipinski definition) is 0. The molecule has 0 atom stereocenters. The van der Waals surface area contributed by atoms with Gasteiger partial charge in [-0.3, -0.25) is 0 Å². The molecule has 1 heterocycles. The van der Waals surface area contributed by atoms with Crippen molar-refractivity contribution in [2.75, 3.05) is 52.9 Å². The molecule has 292 valence electrons. The maximum atomic E-state index is 6.74. The fraction of sp³-hybridized carbons (Fsp3) is 0.231. The van der Waals surface area contributed by atoms with Crippen molar-refractivity contribution in [1.29, 1.82) is 0 Å². The Morgan fingerprint density at radius 3 is 0.759 bits per heavy atom. The largest absolute Gasteiger partial charge is 0.490 e. The van der Waals surface area contributed by atoms with E-state index in [-0.39, 0.29) is 0 Å². The molecule has 6 nitrogen and oxygen atoms in total. The monoisotopic (exact) mass is 768 g/mol. The van der Waals surface area contributed by atoms with E-state index in [2.05, 4.69) is 149 Å². The van der Waals surface area contributed by atoms with Gasteiger partial charge in [0.05, 0.1) is 26.4 Å². The average Bonchev–Trinajstić information content (AvgIpc) is 3.23. The molecule has 0 aliphatic carbocycles. The third-order valence-corrected chi connectivity index (χ3v) is 11.1. The maximum absolute atomic E-state index is 6.74. The molecule has 8 aromatic carbocycles. The van der Waals surface area contributed by atoms with Crippen molar-refractivity contribution < 1.29 is 28.4 Å². The second-order valence-electron chi connectivity index (χ2n) is 15.1. The Labute approximate surface area is 339 Å². The highest BCUT2D eigenvalue weighted by Crippen LogP contribution is 2.50. The van der Waals surface area contributed by atoms with Crippen LogP contribution in [-0.2, 0) is 9.47 Å². The lowest BCUT2D eigenvalue weighted by atomic mass is 9.89. The van der Waals surface area contributed by atoms with Crippen molar-refractivity contribution in [1.82, 2.24) is 0 Å². The highest BCUT2D eigenvalue weighted by Gasteiger charge is 2.25. The summed E-state index contributed by atoms with van der Waals surface area (Å²) >= 11 is 0. The Balaban J connectivity index is 1.11. The summed E-state index contributed by atoms with van der Waals surface area (Å²) in [5.41, 5.74) is 8.28. The van der Waals surface area contributed by atoms with Crippen LogP contribution in [0.25, 0.3) is 65.3 Å². The van der Waals surface area contributed by atoms with Crippen LogP contribution in [0.15, 0.2) is 121 Å². The minimum Gasteiger partial charge on any atom is -0.490 e. The van der Waals surface area contributed by atoms with Gasteiger partial charge in [-0.25, -0.2) is 0 Å². The predicted molar refractivity (Wildman–Crippen MR) is 236 cm³/mol. The molecule has 0 amide bonds. The molecule has 0 fully saturated rings. The standard InChI is InChI=1S/C52H48O6/c1-33-29-37-13-5-9-17-41(37)45-46-42-18-10-6-14-38(42)30-34(2)50(46)56-26-23-54-24-28-58-52-36(4)32-40-16-8-12-20-44(40)48(52)47-43-19-11-7-15-39(43)31-35(3)51(47)57-27-22-53-21-25-55-49(33)45/h5-20,29-32H,21-28H2,1-4H3. The van der Waals surface area contributed by atoms with Crippen LogP contribution in [0, 0.1) is 27.7 Å². The molecule has 8 aromatic rings. The van der Waals surface area contributed by atoms with E-state index in [0.29, 0.717) is 52.9 Å². The number of fused-ring (bicyclic) bond motifs is 14. The van der Waals surface area contributed by atoms with Crippen molar-refractivity contribution >= 4 is 43.1 Å². The summed E-state index contributed by atoms with van der Waals surface area (Å²) in [7, 11) is 0. The molecule has 0 unspecified atom stereocenters. The summed E-state index contributed by atoms with van der Waals surface area (Å²) in [6.07, 6.45) is 0. The van der Waals surface area contributed by atoms with Gasteiger partial charge in [0.1, 0.15) is 49.4 Å². The lowest BCUT2D eigenvalue weighted by molar-refractivity contribution is 0.0756. The molecule has 9 rings (SSSR count). The zero-order valence-electron chi connectivity index (χ0n) is 33.7. The van der Waals surface area contributed by atoms with E-state index >= 15 is 0 Å². The van der Waals surface area contributed by atoms with Gasteiger partial charge in [-0.1, -0.05) is 97.1 Å². The Bertz CT molecular complexity index is 2420. The second-order valence-corrected chi connectivity index (χ2v) is 15.1. The van der Waals surface area contributed by atoms with E-state index in [1.54, 1.807) is 0 Å². The van der Waals surface area contributed by atoms with Crippen molar-refractivity contribution in [3.63, 3.8) is 0 Å².